The molecule has 0 spiro atoms. The third-order valence-corrected chi connectivity index (χ3v) is 3.67. The molecule has 1 atom stereocenters. The highest BCUT2D eigenvalue weighted by Gasteiger charge is 2.20. The number of carbonyl (C=O) groups excluding carboxylic acids is 1. The summed E-state index contributed by atoms with van der Waals surface area (Å²) < 4.78 is 10.8. The Morgan fingerprint density at radius 1 is 1.19 bits per heavy atom. The summed E-state index contributed by atoms with van der Waals surface area (Å²) in [6.07, 6.45) is 2.01. The highest BCUT2D eigenvalue weighted by molar-refractivity contribution is 5.89. The van der Waals surface area contributed by atoms with Crippen molar-refractivity contribution in [3.63, 3.8) is 0 Å². The van der Waals surface area contributed by atoms with Gasteiger partial charge in [0.2, 0.25) is 0 Å². The Morgan fingerprint density at radius 2 is 2.00 bits per heavy atom. The van der Waals surface area contributed by atoms with Crippen molar-refractivity contribution >= 4 is 5.97 Å². The van der Waals surface area contributed by atoms with E-state index in [0.29, 0.717) is 12.2 Å². The maximum atomic E-state index is 11.6. The normalized spacial score (nSPS) is 15.6. The lowest BCUT2D eigenvalue weighted by atomic mass is 10.0. The molecule has 0 aliphatic carbocycles. The summed E-state index contributed by atoms with van der Waals surface area (Å²) in [5, 5.41) is 0. The van der Waals surface area contributed by atoms with Gasteiger partial charge in [0, 0.05) is 0 Å². The topological polar surface area (TPSA) is 35.5 Å². The van der Waals surface area contributed by atoms with E-state index in [-0.39, 0.29) is 12.1 Å². The molecule has 2 bridgehead atoms. The maximum Gasteiger partial charge on any atom is 0.338 e. The summed E-state index contributed by atoms with van der Waals surface area (Å²) >= 11 is 0. The molecule has 108 valence electrons. The highest BCUT2D eigenvalue weighted by atomic mass is 16.5. The van der Waals surface area contributed by atoms with Crippen molar-refractivity contribution in [1.29, 1.82) is 0 Å². The van der Waals surface area contributed by atoms with Crippen LogP contribution in [-0.4, -0.2) is 12.6 Å². The van der Waals surface area contributed by atoms with Crippen LogP contribution in [0.2, 0.25) is 0 Å². The van der Waals surface area contributed by atoms with E-state index in [1.807, 2.05) is 43.3 Å². The first kappa shape index (κ1) is 13.7. The molecule has 3 rings (SSSR count). The molecule has 0 N–H and O–H groups in total. The van der Waals surface area contributed by atoms with E-state index in [0.717, 1.165) is 18.6 Å². The molecule has 0 saturated carbocycles. The van der Waals surface area contributed by atoms with Gasteiger partial charge >= 0.3 is 5.97 Å². The highest BCUT2D eigenvalue weighted by Crippen LogP contribution is 2.34. The zero-order valence-electron chi connectivity index (χ0n) is 12.0. The van der Waals surface area contributed by atoms with Gasteiger partial charge in [0.05, 0.1) is 12.2 Å². The minimum atomic E-state index is -0.265. The predicted octanol–water partition coefficient (Wildman–Crippen LogP) is 3.93. The molecule has 0 aromatic heterocycles. The van der Waals surface area contributed by atoms with Crippen molar-refractivity contribution in [3.05, 3.63) is 65.2 Å². The lowest BCUT2D eigenvalue weighted by Crippen LogP contribution is -2.05. The van der Waals surface area contributed by atoms with Crippen LogP contribution in [0, 0.1) is 0 Å². The van der Waals surface area contributed by atoms with Crippen LogP contribution in [0.25, 0.3) is 0 Å². The SMILES string of the molecule is CCOC(=O)c1ccc(CCC2Oc3cccc2c3)cc1. The maximum absolute atomic E-state index is 11.6. The third-order valence-electron chi connectivity index (χ3n) is 3.67. The minimum Gasteiger partial charge on any atom is -0.486 e. The second kappa shape index (κ2) is 6.00. The Bertz CT molecular complexity index is 631. The van der Waals surface area contributed by atoms with Gasteiger partial charge in [-0.1, -0.05) is 24.3 Å². The molecule has 21 heavy (non-hydrogen) atoms. The summed E-state index contributed by atoms with van der Waals surface area (Å²) in [7, 11) is 0. The second-order valence-corrected chi connectivity index (χ2v) is 5.14. The van der Waals surface area contributed by atoms with Crippen LogP contribution in [-0.2, 0) is 11.2 Å². The fraction of sp³-hybridized carbons (Fsp3) is 0.278. The fourth-order valence-electron chi connectivity index (χ4n) is 2.57. The summed E-state index contributed by atoms with van der Waals surface area (Å²) in [5.41, 5.74) is 3.05. The summed E-state index contributed by atoms with van der Waals surface area (Å²) in [6.45, 7) is 2.21. The number of fused-ring (bicyclic) bond motifs is 2. The number of hydrogen-bond donors (Lipinski definition) is 0. The quantitative estimate of drug-likeness (QED) is 0.779. The Morgan fingerprint density at radius 3 is 2.71 bits per heavy atom. The third kappa shape index (κ3) is 3.07. The van der Waals surface area contributed by atoms with Gasteiger partial charge < -0.3 is 9.47 Å². The van der Waals surface area contributed by atoms with Gasteiger partial charge in [-0.05, 0) is 55.2 Å². The molecule has 1 aliphatic heterocycles. The molecule has 3 heteroatoms. The lowest BCUT2D eigenvalue weighted by molar-refractivity contribution is 0.0526. The van der Waals surface area contributed by atoms with Gasteiger partial charge in [0.15, 0.2) is 0 Å². The van der Waals surface area contributed by atoms with E-state index in [1.165, 1.54) is 11.1 Å². The van der Waals surface area contributed by atoms with Crippen molar-refractivity contribution in [1.82, 2.24) is 0 Å². The molecule has 0 radical (unpaired) electrons. The second-order valence-electron chi connectivity index (χ2n) is 5.14. The van der Waals surface area contributed by atoms with E-state index in [9.17, 15) is 4.79 Å². The molecule has 0 fully saturated rings. The molecule has 2 aromatic carbocycles. The molecule has 3 nitrogen and oxygen atoms in total. The van der Waals surface area contributed by atoms with Crippen molar-refractivity contribution in [2.75, 3.05) is 6.61 Å². The number of benzene rings is 2. The first-order valence-electron chi connectivity index (χ1n) is 7.29. The van der Waals surface area contributed by atoms with Gasteiger partial charge in [-0.25, -0.2) is 4.79 Å². The van der Waals surface area contributed by atoms with Crippen LogP contribution in [0.4, 0.5) is 0 Å². The number of ether oxygens (including phenoxy) is 2. The molecule has 1 heterocycles. The summed E-state index contributed by atoms with van der Waals surface area (Å²) in [4.78, 5) is 11.6. The first-order valence-corrected chi connectivity index (χ1v) is 7.29. The van der Waals surface area contributed by atoms with E-state index in [1.54, 1.807) is 0 Å². The average molecular weight is 282 g/mol. The van der Waals surface area contributed by atoms with Crippen LogP contribution in [0.3, 0.4) is 0 Å². The predicted molar refractivity (Wildman–Crippen MR) is 80.5 cm³/mol. The van der Waals surface area contributed by atoms with E-state index < -0.39 is 0 Å². The van der Waals surface area contributed by atoms with Crippen LogP contribution in [0.5, 0.6) is 5.75 Å². The first-order chi connectivity index (χ1) is 10.3. The lowest BCUT2D eigenvalue weighted by Gasteiger charge is -2.12. The summed E-state index contributed by atoms with van der Waals surface area (Å²) in [6, 6.07) is 15.8. The summed E-state index contributed by atoms with van der Waals surface area (Å²) in [5.74, 6) is 0.689. The van der Waals surface area contributed by atoms with E-state index in [2.05, 4.69) is 12.1 Å². The van der Waals surface area contributed by atoms with Gasteiger partial charge in [0.25, 0.3) is 0 Å². The van der Waals surface area contributed by atoms with E-state index in [4.69, 9.17) is 9.47 Å². The molecular weight excluding hydrogens is 264 g/mol. The molecular formula is C18H18O3. The molecule has 1 unspecified atom stereocenters. The van der Waals surface area contributed by atoms with Gasteiger partial charge in [-0.2, -0.15) is 0 Å². The Kier molecular flexibility index (Phi) is 3.91. The fourth-order valence-corrected chi connectivity index (χ4v) is 2.57. The van der Waals surface area contributed by atoms with Crippen molar-refractivity contribution in [2.24, 2.45) is 0 Å². The Hall–Kier alpha value is -2.29. The van der Waals surface area contributed by atoms with Crippen LogP contribution >= 0.6 is 0 Å². The minimum absolute atomic E-state index is 0.153. The zero-order valence-corrected chi connectivity index (χ0v) is 12.0. The monoisotopic (exact) mass is 282 g/mol. The van der Waals surface area contributed by atoms with Crippen molar-refractivity contribution in [2.45, 2.75) is 25.9 Å². The van der Waals surface area contributed by atoms with E-state index >= 15 is 0 Å². The number of carbonyl (C=O) groups is 1. The smallest absolute Gasteiger partial charge is 0.338 e. The van der Waals surface area contributed by atoms with Crippen molar-refractivity contribution < 1.29 is 14.3 Å². The van der Waals surface area contributed by atoms with Gasteiger partial charge in [-0.3, -0.25) is 0 Å². The number of hydrogen-bond acceptors (Lipinski definition) is 3. The van der Waals surface area contributed by atoms with Crippen LogP contribution in [0.1, 0.15) is 40.9 Å². The van der Waals surface area contributed by atoms with Crippen LogP contribution in [0.15, 0.2) is 48.5 Å². The van der Waals surface area contributed by atoms with Gasteiger partial charge in [-0.15, -0.1) is 0 Å². The molecule has 1 aliphatic rings. The largest absolute Gasteiger partial charge is 0.486 e. The Labute approximate surface area is 124 Å². The number of aryl methyl sites for hydroxylation is 1. The Balaban J connectivity index is 1.57. The van der Waals surface area contributed by atoms with Crippen molar-refractivity contribution in [3.8, 4) is 5.75 Å². The van der Waals surface area contributed by atoms with Crippen LogP contribution < -0.4 is 4.74 Å². The molecule has 0 amide bonds. The zero-order chi connectivity index (χ0) is 14.7. The standard InChI is InChI=1S/C18H18O3/c1-2-20-18(19)14-9-6-13(7-10-14)8-11-17-15-4-3-5-16(12-15)21-17/h3-7,9-10,12,17H,2,8,11H2,1H3. The molecule has 0 saturated heterocycles. The number of esters is 1. The number of rotatable bonds is 5. The average Bonchev–Trinajstić information content (AvgIpc) is 2.79. The van der Waals surface area contributed by atoms with Gasteiger partial charge in [0.1, 0.15) is 11.9 Å². The molecule has 2 aromatic rings.